The predicted octanol–water partition coefficient (Wildman–Crippen LogP) is 3.67. The Morgan fingerprint density at radius 3 is 2.24 bits per heavy atom. The fourth-order valence-corrected chi connectivity index (χ4v) is 4.14. The van der Waals surface area contributed by atoms with Crippen LogP contribution in [0.5, 0.6) is 0 Å². The fourth-order valence-electron chi connectivity index (χ4n) is 4.14. The molecule has 1 unspecified atom stereocenters. The minimum absolute atomic E-state index is 0.0680. The summed E-state index contributed by atoms with van der Waals surface area (Å²) < 4.78 is 0. The first kappa shape index (κ1) is 27.4. The van der Waals surface area contributed by atoms with Crippen LogP contribution in [0.15, 0.2) is 48.5 Å². The highest BCUT2D eigenvalue weighted by molar-refractivity contribution is 6.08. The second-order valence-corrected chi connectivity index (χ2v) is 9.78. The second-order valence-electron chi connectivity index (χ2n) is 9.78. The standard InChI is InChI=1S/C27H33N5O5/c1-17-8-6-7-9-22(17)30-25(36)29-21-12-10-20(11-13-21)15-32-26(37)31(24(35)27(32,4)5)16-23(34)28-18(2)14-19(3)33/h6-13,18H,14-16H2,1-5H3,(H,28,34)(H2,29,30,36). The van der Waals surface area contributed by atoms with Gasteiger partial charge in [0.2, 0.25) is 5.91 Å². The topological polar surface area (TPSA) is 128 Å². The van der Waals surface area contributed by atoms with Gasteiger partial charge in [-0.2, -0.15) is 0 Å². The van der Waals surface area contributed by atoms with E-state index in [1.807, 2.05) is 31.2 Å². The van der Waals surface area contributed by atoms with Gasteiger partial charge in [0.15, 0.2) is 0 Å². The number of para-hydroxylation sites is 1. The molecule has 1 fully saturated rings. The number of amides is 6. The third-order valence-corrected chi connectivity index (χ3v) is 6.15. The van der Waals surface area contributed by atoms with Crippen molar-refractivity contribution in [3.8, 4) is 0 Å². The highest BCUT2D eigenvalue weighted by Gasteiger charge is 2.51. The summed E-state index contributed by atoms with van der Waals surface area (Å²) in [5, 5.41) is 8.21. The van der Waals surface area contributed by atoms with Gasteiger partial charge in [0.05, 0.1) is 0 Å². The minimum Gasteiger partial charge on any atom is -0.352 e. The molecule has 1 aliphatic heterocycles. The first-order chi connectivity index (χ1) is 17.4. The number of hydrogen-bond donors (Lipinski definition) is 3. The van der Waals surface area contributed by atoms with Crippen molar-refractivity contribution < 1.29 is 24.0 Å². The molecule has 196 valence electrons. The van der Waals surface area contributed by atoms with E-state index >= 15 is 0 Å². The zero-order chi connectivity index (χ0) is 27.3. The number of nitrogens with one attached hydrogen (secondary N) is 3. The average Bonchev–Trinajstić information content (AvgIpc) is 2.96. The molecule has 1 saturated heterocycles. The molecule has 1 aliphatic rings. The lowest BCUT2D eigenvalue weighted by Gasteiger charge is -2.27. The van der Waals surface area contributed by atoms with Crippen LogP contribution in [0.3, 0.4) is 0 Å². The maximum Gasteiger partial charge on any atom is 0.328 e. The molecule has 10 nitrogen and oxygen atoms in total. The lowest BCUT2D eigenvalue weighted by atomic mass is 10.0. The van der Waals surface area contributed by atoms with Gasteiger partial charge in [-0.3, -0.25) is 19.3 Å². The van der Waals surface area contributed by atoms with Crippen LogP contribution >= 0.6 is 0 Å². The molecule has 0 radical (unpaired) electrons. The smallest absolute Gasteiger partial charge is 0.328 e. The second kappa shape index (κ2) is 11.2. The number of benzene rings is 2. The molecule has 1 heterocycles. The molecule has 37 heavy (non-hydrogen) atoms. The SMILES string of the molecule is CC(=O)CC(C)NC(=O)CN1C(=O)N(Cc2ccc(NC(=O)Nc3ccccc3C)cc2)C(C)(C)C1=O. The lowest BCUT2D eigenvalue weighted by molar-refractivity contribution is -0.135. The van der Waals surface area contributed by atoms with Crippen molar-refractivity contribution in [2.24, 2.45) is 0 Å². The highest BCUT2D eigenvalue weighted by Crippen LogP contribution is 2.29. The molecular formula is C27H33N5O5. The summed E-state index contributed by atoms with van der Waals surface area (Å²) in [5.74, 6) is -1.05. The molecule has 0 spiro atoms. The third-order valence-electron chi connectivity index (χ3n) is 6.15. The van der Waals surface area contributed by atoms with Crippen LogP contribution in [0.4, 0.5) is 21.0 Å². The average molecular weight is 508 g/mol. The van der Waals surface area contributed by atoms with Crippen molar-refractivity contribution in [2.45, 2.75) is 59.2 Å². The summed E-state index contributed by atoms with van der Waals surface area (Å²) in [6, 6.07) is 13.0. The summed E-state index contributed by atoms with van der Waals surface area (Å²) in [4.78, 5) is 64.4. The van der Waals surface area contributed by atoms with Gasteiger partial charge in [-0.05, 0) is 63.9 Å². The summed E-state index contributed by atoms with van der Waals surface area (Å²) in [7, 11) is 0. The van der Waals surface area contributed by atoms with E-state index in [-0.39, 0.29) is 24.8 Å². The molecule has 2 aromatic rings. The molecule has 0 bridgehead atoms. The van der Waals surface area contributed by atoms with Crippen molar-refractivity contribution >= 4 is 41.0 Å². The van der Waals surface area contributed by atoms with Gasteiger partial charge < -0.3 is 20.9 Å². The van der Waals surface area contributed by atoms with E-state index in [1.165, 1.54) is 11.8 Å². The molecule has 10 heteroatoms. The van der Waals surface area contributed by atoms with E-state index in [2.05, 4.69) is 16.0 Å². The van der Waals surface area contributed by atoms with E-state index in [0.717, 1.165) is 16.0 Å². The molecule has 0 aromatic heterocycles. The van der Waals surface area contributed by atoms with E-state index in [4.69, 9.17) is 0 Å². The normalized spacial score (nSPS) is 15.4. The van der Waals surface area contributed by atoms with Crippen molar-refractivity contribution in [1.82, 2.24) is 15.1 Å². The first-order valence-electron chi connectivity index (χ1n) is 12.0. The molecule has 0 aliphatic carbocycles. The van der Waals surface area contributed by atoms with Crippen molar-refractivity contribution in [2.75, 3.05) is 17.2 Å². The zero-order valence-electron chi connectivity index (χ0n) is 21.8. The first-order valence-corrected chi connectivity index (χ1v) is 12.0. The van der Waals surface area contributed by atoms with E-state index < -0.39 is 36.0 Å². The maximum atomic E-state index is 13.1. The Balaban J connectivity index is 1.61. The highest BCUT2D eigenvalue weighted by atomic mass is 16.2. The van der Waals surface area contributed by atoms with Gasteiger partial charge in [-0.15, -0.1) is 0 Å². The number of aryl methyl sites for hydroxylation is 1. The Kier molecular flexibility index (Phi) is 8.31. The molecule has 0 saturated carbocycles. The molecule has 1 atom stereocenters. The predicted molar refractivity (Wildman–Crippen MR) is 140 cm³/mol. The Morgan fingerprint density at radius 2 is 1.62 bits per heavy atom. The summed E-state index contributed by atoms with van der Waals surface area (Å²) >= 11 is 0. The number of nitrogens with zero attached hydrogens (tertiary/aromatic N) is 2. The van der Waals surface area contributed by atoms with Gasteiger partial charge in [0.1, 0.15) is 17.9 Å². The van der Waals surface area contributed by atoms with Crippen molar-refractivity contribution in [1.29, 1.82) is 0 Å². The molecule has 3 N–H and O–H groups in total. The van der Waals surface area contributed by atoms with E-state index in [0.29, 0.717) is 11.4 Å². The molecule has 3 rings (SSSR count). The van der Waals surface area contributed by atoms with Crippen LogP contribution < -0.4 is 16.0 Å². The number of anilines is 2. The van der Waals surface area contributed by atoms with Gasteiger partial charge in [0, 0.05) is 30.4 Å². The lowest BCUT2D eigenvalue weighted by Crippen LogP contribution is -2.45. The van der Waals surface area contributed by atoms with Crippen molar-refractivity contribution in [3.63, 3.8) is 0 Å². The fraction of sp³-hybridized carbons (Fsp3) is 0.370. The largest absolute Gasteiger partial charge is 0.352 e. The zero-order valence-corrected chi connectivity index (χ0v) is 21.8. The Labute approximate surface area is 216 Å². The van der Waals surface area contributed by atoms with Gasteiger partial charge in [-0.25, -0.2) is 9.59 Å². The molecule has 6 amide bonds. The maximum absolute atomic E-state index is 13.1. The van der Waals surface area contributed by atoms with E-state index in [1.54, 1.807) is 45.0 Å². The number of hydrogen-bond acceptors (Lipinski definition) is 5. The monoisotopic (exact) mass is 507 g/mol. The number of carbonyl (C=O) groups excluding carboxylic acids is 5. The van der Waals surface area contributed by atoms with Gasteiger partial charge >= 0.3 is 12.1 Å². The summed E-state index contributed by atoms with van der Waals surface area (Å²) in [6.45, 7) is 8.02. The van der Waals surface area contributed by atoms with Crippen LogP contribution in [-0.2, 0) is 20.9 Å². The van der Waals surface area contributed by atoms with Gasteiger partial charge in [0.25, 0.3) is 5.91 Å². The van der Waals surface area contributed by atoms with Crippen molar-refractivity contribution in [3.05, 3.63) is 59.7 Å². The quantitative estimate of drug-likeness (QED) is 0.446. The summed E-state index contributed by atoms with van der Waals surface area (Å²) in [6.07, 6.45) is 0.170. The number of rotatable bonds is 9. The van der Waals surface area contributed by atoms with Crippen LogP contribution in [0.1, 0.15) is 45.2 Å². The number of imide groups is 1. The van der Waals surface area contributed by atoms with Crippen LogP contribution in [0.2, 0.25) is 0 Å². The Morgan fingerprint density at radius 1 is 0.973 bits per heavy atom. The van der Waals surface area contributed by atoms with Gasteiger partial charge in [-0.1, -0.05) is 30.3 Å². The number of urea groups is 2. The molecule has 2 aromatic carbocycles. The minimum atomic E-state index is -1.15. The summed E-state index contributed by atoms with van der Waals surface area (Å²) in [5.41, 5.74) is 1.82. The number of Topliss-reactive ketones (excluding diaryl/α,β-unsaturated/α-hetero) is 1. The molecular weight excluding hydrogens is 474 g/mol. The number of carbonyl (C=O) groups is 5. The Bertz CT molecular complexity index is 1210. The van der Waals surface area contributed by atoms with Crippen LogP contribution in [-0.4, -0.2) is 57.6 Å². The Hall–Kier alpha value is -4.21. The third kappa shape index (κ3) is 6.72. The van der Waals surface area contributed by atoms with E-state index in [9.17, 15) is 24.0 Å². The van der Waals surface area contributed by atoms with Crippen LogP contribution in [0.25, 0.3) is 0 Å². The van der Waals surface area contributed by atoms with Crippen LogP contribution in [0, 0.1) is 6.92 Å². The number of ketones is 1.